The molecule has 0 aliphatic carbocycles. The van der Waals surface area contributed by atoms with Crippen molar-refractivity contribution in [3.63, 3.8) is 0 Å². The first kappa shape index (κ1) is 21.2. The van der Waals surface area contributed by atoms with E-state index in [1.165, 1.54) is 18.3 Å². The molecule has 0 aliphatic heterocycles. The molecule has 1 heterocycles. The zero-order valence-corrected chi connectivity index (χ0v) is 17.3. The van der Waals surface area contributed by atoms with Gasteiger partial charge in [-0.25, -0.2) is 0 Å². The van der Waals surface area contributed by atoms with E-state index < -0.39 is 10.1 Å². The molecule has 0 unspecified atom stereocenters. The van der Waals surface area contributed by atoms with Gasteiger partial charge in [0.2, 0.25) is 0 Å². The van der Waals surface area contributed by atoms with Crippen LogP contribution in [-0.4, -0.2) is 26.0 Å². The number of nitrogens with zero attached hydrogens (tertiary/aromatic N) is 2. The van der Waals surface area contributed by atoms with Crippen LogP contribution in [0.25, 0.3) is 10.8 Å². The minimum atomic E-state index is -4.09. The topological polar surface area (TPSA) is 125 Å². The first-order chi connectivity index (χ1) is 14.4. The molecule has 0 amide bonds. The highest BCUT2D eigenvalue weighted by Gasteiger charge is 2.20. The Morgan fingerprint density at radius 2 is 2.00 bits per heavy atom. The van der Waals surface area contributed by atoms with Crippen LogP contribution in [0.3, 0.4) is 0 Å². The number of hydrogen-bond acceptors (Lipinski definition) is 7. The van der Waals surface area contributed by atoms with Crippen molar-refractivity contribution >= 4 is 26.9 Å². The number of nitrogens with two attached hydrogens (primary N) is 1. The van der Waals surface area contributed by atoms with Crippen LogP contribution in [-0.2, 0) is 15.0 Å². The fourth-order valence-corrected chi connectivity index (χ4v) is 3.78. The number of hydrogen-bond donors (Lipinski definition) is 2. The lowest BCUT2D eigenvalue weighted by molar-refractivity contribution is 0.138. The lowest BCUT2D eigenvalue weighted by Gasteiger charge is -2.12. The minimum absolute atomic E-state index is 0.0500. The highest BCUT2D eigenvalue weighted by Crippen LogP contribution is 2.28. The number of aryl methyl sites for hydroxylation is 1. The second-order valence-electron chi connectivity index (χ2n) is 6.39. The third-order valence-corrected chi connectivity index (χ3v) is 5.18. The fraction of sp³-hybridized carbons (Fsp3) is 0.200. The number of oxime groups is 1. The summed E-state index contributed by atoms with van der Waals surface area (Å²) in [4.78, 5) is 14.3. The van der Waals surface area contributed by atoms with Crippen LogP contribution in [0.2, 0.25) is 0 Å². The Bertz CT molecular complexity index is 1160. The average Bonchev–Trinajstić information content (AvgIpc) is 2.71. The molecule has 2 aromatic carbocycles. The lowest BCUT2D eigenvalue weighted by Crippen LogP contribution is -2.34. The third kappa shape index (κ3) is 5.29. The van der Waals surface area contributed by atoms with Crippen molar-refractivity contribution in [1.82, 2.24) is 10.5 Å². The van der Waals surface area contributed by atoms with Gasteiger partial charge in [-0.3, -0.25) is 4.98 Å². The zero-order chi connectivity index (χ0) is 21.6. The number of benzene rings is 2. The predicted molar refractivity (Wildman–Crippen MR) is 112 cm³/mol. The summed E-state index contributed by atoms with van der Waals surface area (Å²) in [6.45, 7) is 4.14. The van der Waals surface area contributed by atoms with Gasteiger partial charge in [0.25, 0.3) is 5.96 Å². The van der Waals surface area contributed by atoms with Gasteiger partial charge >= 0.3 is 10.1 Å². The number of nitrogens with one attached hydrogen (secondary N) is 1. The Labute approximate surface area is 174 Å². The van der Waals surface area contributed by atoms with E-state index >= 15 is 0 Å². The molecule has 30 heavy (non-hydrogen) atoms. The largest absolute Gasteiger partial charge is 0.393 e. The molecular weight excluding hydrogens is 408 g/mol. The number of rotatable bonds is 8. The van der Waals surface area contributed by atoms with E-state index in [0.29, 0.717) is 17.4 Å². The highest BCUT2D eigenvalue weighted by molar-refractivity contribution is 7.87. The van der Waals surface area contributed by atoms with Crippen molar-refractivity contribution in [2.45, 2.75) is 25.2 Å². The van der Waals surface area contributed by atoms with E-state index in [1.54, 1.807) is 43.5 Å². The molecule has 0 spiro atoms. The summed E-state index contributed by atoms with van der Waals surface area (Å²) in [5.74, 6) is 0.302. The monoisotopic (exact) mass is 430 g/mol. The van der Waals surface area contributed by atoms with Gasteiger partial charge in [-0.05, 0) is 48.3 Å². The molecule has 0 aliphatic rings. The highest BCUT2D eigenvalue weighted by atomic mass is 32.2. The van der Waals surface area contributed by atoms with Gasteiger partial charge in [-0.2, -0.15) is 13.9 Å². The van der Waals surface area contributed by atoms with Crippen LogP contribution in [0.1, 0.15) is 18.9 Å². The van der Waals surface area contributed by atoms with Crippen LogP contribution < -0.4 is 20.2 Å². The summed E-state index contributed by atoms with van der Waals surface area (Å²) in [5.41, 5.74) is 8.77. The number of guanidine groups is 1. The van der Waals surface area contributed by atoms with Crippen molar-refractivity contribution in [3.05, 3.63) is 60.4 Å². The maximum atomic E-state index is 12.9. The van der Waals surface area contributed by atoms with Crippen LogP contribution >= 0.6 is 0 Å². The Balaban J connectivity index is 1.80. The Kier molecular flexibility index (Phi) is 6.58. The van der Waals surface area contributed by atoms with E-state index in [4.69, 9.17) is 19.6 Å². The molecule has 10 heteroatoms. The normalized spacial score (nSPS) is 11.9. The number of pyridine rings is 1. The molecule has 3 aromatic rings. The van der Waals surface area contributed by atoms with Crippen LogP contribution in [0.4, 0.5) is 0 Å². The van der Waals surface area contributed by atoms with Gasteiger partial charge < -0.3 is 19.6 Å². The van der Waals surface area contributed by atoms with Crippen molar-refractivity contribution in [3.8, 4) is 11.5 Å². The molecule has 158 valence electrons. The van der Waals surface area contributed by atoms with Crippen LogP contribution in [0.15, 0.2) is 64.9 Å². The predicted octanol–water partition coefficient (Wildman–Crippen LogP) is 2.85. The van der Waals surface area contributed by atoms with Crippen molar-refractivity contribution in [1.29, 1.82) is 0 Å². The maximum Gasteiger partial charge on any atom is 0.339 e. The van der Waals surface area contributed by atoms with Gasteiger partial charge in [0.1, 0.15) is 17.3 Å². The zero-order valence-electron chi connectivity index (χ0n) is 16.5. The second-order valence-corrected chi connectivity index (χ2v) is 7.90. The maximum absolute atomic E-state index is 12.9. The summed E-state index contributed by atoms with van der Waals surface area (Å²) in [7, 11) is -4.09. The molecule has 0 fully saturated rings. The smallest absolute Gasteiger partial charge is 0.339 e. The van der Waals surface area contributed by atoms with Crippen molar-refractivity contribution in [2.24, 2.45) is 10.9 Å². The average molecular weight is 430 g/mol. The standard InChI is InChI=1S/C20H22N4O5S/c1-3-9-27-23-20(21)24-28-16-10-14(2)11-17(12-16)29-30(25,26)19-6-4-5-15-13-22-8-7-18(15)19/h4-8,10-13H,3,9H2,1-2H3,(H3,21,23,24). The molecule has 0 saturated carbocycles. The van der Waals surface area contributed by atoms with Gasteiger partial charge in [-0.15, -0.1) is 0 Å². The number of fused-ring (bicyclic) bond motifs is 1. The van der Waals surface area contributed by atoms with E-state index in [-0.39, 0.29) is 22.4 Å². The molecule has 0 atom stereocenters. The summed E-state index contributed by atoms with van der Waals surface area (Å²) in [5, 5.41) is 4.84. The Morgan fingerprint density at radius 3 is 2.80 bits per heavy atom. The molecule has 9 nitrogen and oxygen atoms in total. The van der Waals surface area contributed by atoms with Gasteiger partial charge in [0, 0.05) is 29.2 Å². The van der Waals surface area contributed by atoms with E-state index in [0.717, 1.165) is 12.0 Å². The van der Waals surface area contributed by atoms with Crippen molar-refractivity contribution < 1.29 is 22.3 Å². The first-order valence-corrected chi connectivity index (χ1v) is 10.6. The minimum Gasteiger partial charge on any atom is -0.393 e. The molecule has 0 radical (unpaired) electrons. The summed E-state index contributed by atoms with van der Waals surface area (Å²) in [6.07, 6.45) is 3.91. The second kappa shape index (κ2) is 9.31. The molecule has 1 aromatic heterocycles. The number of hydroxylamine groups is 1. The third-order valence-electron chi connectivity index (χ3n) is 3.87. The van der Waals surface area contributed by atoms with E-state index in [2.05, 4.69) is 15.6 Å². The first-order valence-electron chi connectivity index (χ1n) is 9.16. The summed E-state index contributed by atoms with van der Waals surface area (Å²) < 4.78 is 31.2. The van der Waals surface area contributed by atoms with Crippen molar-refractivity contribution in [2.75, 3.05) is 6.61 Å². The quantitative estimate of drug-likeness (QED) is 0.184. The Morgan fingerprint density at radius 1 is 1.20 bits per heavy atom. The van der Waals surface area contributed by atoms with E-state index in [1.807, 2.05) is 6.92 Å². The molecular formula is C20H22N4O5S. The Hall–Kier alpha value is -3.53. The fourth-order valence-electron chi connectivity index (χ4n) is 2.64. The molecule has 3 N–H and O–H groups in total. The van der Waals surface area contributed by atoms with Gasteiger partial charge in [0.15, 0.2) is 5.75 Å². The van der Waals surface area contributed by atoms with Gasteiger partial charge in [0.05, 0.1) is 0 Å². The summed E-state index contributed by atoms with van der Waals surface area (Å²) >= 11 is 0. The van der Waals surface area contributed by atoms with Crippen LogP contribution in [0.5, 0.6) is 11.5 Å². The molecule has 3 rings (SSSR count). The SMILES string of the molecule is CCCON=C(N)NOc1cc(C)cc(OS(=O)(=O)c2cccc3cnccc23)c1. The number of aromatic nitrogens is 1. The van der Waals surface area contributed by atoms with Crippen LogP contribution in [0, 0.1) is 6.92 Å². The van der Waals surface area contributed by atoms with Gasteiger partial charge in [-0.1, -0.05) is 19.1 Å². The molecule has 0 bridgehead atoms. The lowest BCUT2D eigenvalue weighted by atomic mass is 10.2. The van der Waals surface area contributed by atoms with E-state index in [9.17, 15) is 8.42 Å². The summed E-state index contributed by atoms with van der Waals surface area (Å²) in [6, 6.07) is 11.2. The molecule has 0 saturated heterocycles.